The van der Waals surface area contributed by atoms with Gasteiger partial charge in [0, 0.05) is 57.5 Å². The molecule has 1 aliphatic carbocycles. The normalized spacial score (nSPS) is 19.6. The molecule has 3 aliphatic heterocycles. The number of amides is 5. The van der Waals surface area contributed by atoms with Crippen LogP contribution in [0.3, 0.4) is 0 Å². The van der Waals surface area contributed by atoms with Gasteiger partial charge < -0.3 is 19.3 Å². The molecule has 0 saturated carbocycles. The van der Waals surface area contributed by atoms with E-state index in [1.165, 1.54) is 40.1 Å². The summed E-state index contributed by atoms with van der Waals surface area (Å²) in [5.41, 5.74) is 2.23. The molecule has 0 radical (unpaired) electrons. The molecule has 276 valence electrons. The molecule has 3 fully saturated rings. The fourth-order valence-corrected chi connectivity index (χ4v) is 7.98. The van der Waals surface area contributed by atoms with Gasteiger partial charge in [-0.2, -0.15) is 0 Å². The number of carbonyl (C=O) groups excluding carboxylic acids is 4. The van der Waals surface area contributed by atoms with Crippen molar-refractivity contribution in [3.05, 3.63) is 65.2 Å². The van der Waals surface area contributed by atoms with Crippen LogP contribution in [0.15, 0.2) is 48.5 Å². The number of fused-ring (bicyclic) bond motifs is 1. The van der Waals surface area contributed by atoms with Crippen molar-refractivity contribution >= 4 is 29.8 Å². The summed E-state index contributed by atoms with van der Waals surface area (Å²) in [6, 6.07) is 16.5. The van der Waals surface area contributed by atoms with E-state index in [4.69, 9.17) is 9.47 Å². The van der Waals surface area contributed by atoms with E-state index in [0.717, 1.165) is 24.5 Å². The molecule has 0 aromatic heterocycles. The maximum Gasteiger partial charge on any atom is 0.419 e. The quantitative estimate of drug-likeness (QED) is 0.283. The summed E-state index contributed by atoms with van der Waals surface area (Å²) >= 11 is 0. The molecule has 6 rings (SSSR count). The number of hydrogen-bond acceptors (Lipinski definition) is 8. The molecular formula is C40H55N5O6. The van der Waals surface area contributed by atoms with Crippen LogP contribution >= 0.6 is 0 Å². The van der Waals surface area contributed by atoms with Gasteiger partial charge in [-0.1, -0.05) is 36.4 Å². The van der Waals surface area contributed by atoms with Gasteiger partial charge in [0.05, 0.1) is 0 Å². The van der Waals surface area contributed by atoms with Crippen molar-refractivity contribution in [1.29, 1.82) is 0 Å². The van der Waals surface area contributed by atoms with Crippen molar-refractivity contribution in [3.8, 4) is 0 Å². The Morgan fingerprint density at radius 2 is 1.35 bits per heavy atom. The predicted molar refractivity (Wildman–Crippen MR) is 196 cm³/mol. The van der Waals surface area contributed by atoms with Crippen molar-refractivity contribution in [3.63, 3.8) is 0 Å². The fraction of sp³-hybridized carbons (Fsp3) is 0.600. The minimum absolute atomic E-state index is 0.0215. The number of piperidine rings is 1. The number of carbonyl (C=O) groups is 4. The van der Waals surface area contributed by atoms with Gasteiger partial charge in [0.2, 0.25) is 0 Å². The van der Waals surface area contributed by atoms with Gasteiger partial charge in [0.1, 0.15) is 16.7 Å². The zero-order valence-corrected chi connectivity index (χ0v) is 31.3. The van der Waals surface area contributed by atoms with E-state index in [1.54, 1.807) is 46.4 Å². The zero-order valence-electron chi connectivity index (χ0n) is 31.3. The Morgan fingerprint density at radius 3 is 1.88 bits per heavy atom. The molecule has 51 heavy (non-hydrogen) atoms. The molecule has 0 atom stereocenters. The third-order valence-corrected chi connectivity index (χ3v) is 10.5. The van der Waals surface area contributed by atoms with Gasteiger partial charge >= 0.3 is 18.2 Å². The minimum atomic E-state index is -0.982. The Hall–Kier alpha value is -4.12. The summed E-state index contributed by atoms with van der Waals surface area (Å²) in [6.07, 6.45) is 3.46. The molecule has 3 saturated heterocycles. The highest BCUT2D eigenvalue weighted by molar-refractivity contribution is 6.07. The number of anilines is 1. The SMILES string of the molecule is CC(C)(C)OC(=O)N(CCCN1C(=O)N(C2Cc3ccccc3C2)C(=O)C12CCN(Cc1ccc(N3CCCC3)cc1)CC2)C(=O)OC(C)(C)C. The monoisotopic (exact) mass is 701 g/mol. The third kappa shape index (κ3) is 8.19. The molecule has 2 aromatic carbocycles. The van der Waals surface area contributed by atoms with Crippen LogP contribution in [0.4, 0.5) is 20.1 Å². The molecule has 4 aliphatic rings. The summed E-state index contributed by atoms with van der Waals surface area (Å²) in [6.45, 7) is 15.0. The van der Waals surface area contributed by atoms with Crippen molar-refractivity contribution in [2.24, 2.45) is 0 Å². The van der Waals surface area contributed by atoms with E-state index in [9.17, 15) is 19.2 Å². The first-order valence-electron chi connectivity index (χ1n) is 18.7. The van der Waals surface area contributed by atoms with Crippen LogP contribution in [0.25, 0.3) is 0 Å². The molecule has 0 unspecified atom stereocenters. The molecule has 2 aromatic rings. The zero-order chi connectivity index (χ0) is 36.6. The lowest BCUT2D eigenvalue weighted by molar-refractivity contribution is -0.137. The van der Waals surface area contributed by atoms with E-state index < -0.39 is 28.9 Å². The van der Waals surface area contributed by atoms with Crippen LogP contribution in [-0.2, 0) is 33.7 Å². The highest BCUT2D eigenvalue weighted by atomic mass is 16.6. The molecule has 3 heterocycles. The first-order chi connectivity index (χ1) is 24.1. The second-order valence-corrected chi connectivity index (χ2v) is 16.6. The van der Waals surface area contributed by atoms with Gasteiger partial charge in [0.25, 0.3) is 5.91 Å². The Kier molecular flexibility index (Phi) is 10.4. The van der Waals surface area contributed by atoms with Crippen LogP contribution in [-0.4, -0.2) is 106 Å². The second kappa shape index (κ2) is 14.5. The molecule has 0 N–H and O–H groups in total. The number of benzene rings is 2. The summed E-state index contributed by atoms with van der Waals surface area (Å²) in [4.78, 5) is 64.3. The number of nitrogens with zero attached hydrogens (tertiary/aromatic N) is 5. The average Bonchev–Trinajstić information content (AvgIpc) is 3.78. The largest absolute Gasteiger partial charge is 0.443 e. The van der Waals surface area contributed by atoms with E-state index in [-0.39, 0.29) is 37.5 Å². The van der Waals surface area contributed by atoms with Crippen LogP contribution in [0.2, 0.25) is 0 Å². The molecule has 1 spiro atoms. The lowest BCUT2D eigenvalue weighted by Crippen LogP contribution is -2.57. The number of rotatable bonds is 8. The maximum atomic E-state index is 14.6. The smallest absolute Gasteiger partial charge is 0.419 e. The van der Waals surface area contributed by atoms with Gasteiger partial charge in [-0.05, 0) is 115 Å². The second-order valence-electron chi connectivity index (χ2n) is 16.6. The van der Waals surface area contributed by atoms with E-state index >= 15 is 0 Å². The van der Waals surface area contributed by atoms with Gasteiger partial charge in [-0.15, -0.1) is 0 Å². The van der Waals surface area contributed by atoms with Crippen molar-refractivity contribution in [1.82, 2.24) is 19.6 Å². The van der Waals surface area contributed by atoms with Crippen LogP contribution in [0.1, 0.15) is 90.3 Å². The third-order valence-electron chi connectivity index (χ3n) is 10.5. The maximum absolute atomic E-state index is 14.6. The Morgan fingerprint density at radius 1 is 0.804 bits per heavy atom. The highest BCUT2D eigenvalue weighted by Gasteiger charge is 2.59. The van der Waals surface area contributed by atoms with Crippen molar-refractivity contribution in [2.45, 2.75) is 116 Å². The number of urea groups is 1. The Labute approximate surface area is 302 Å². The number of likely N-dealkylation sites (tertiary alicyclic amines) is 1. The Balaban J connectivity index is 1.18. The van der Waals surface area contributed by atoms with Crippen molar-refractivity contribution in [2.75, 3.05) is 44.2 Å². The summed E-state index contributed by atoms with van der Waals surface area (Å²) in [5, 5.41) is 0. The number of imide groups is 2. The average molecular weight is 702 g/mol. The standard InChI is InChI=1S/C40H55N5O6/c1-38(2,3)50-36(48)43(37(49)51-39(4,5)6)22-11-23-44-35(47)45(33-26-30-12-7-8-13-31(30)27-33)34(46)40(44)18-24-41(25-19-40)28-29-14-16-32(17-15-29)42-20-9-10-21-42/h7-8,12-17,33H,9-11,18-28H2,1-6H3. The number of hydrogen-bond donors (Lipinski definition) is 0. The van der Waals surface area contributed by atoms with Gasteiger partial charge in [0.15, 0.2) is 0 Å². The highest BCUT2D eigenvalue weighted by Crippen LogP contribution is 2.41. The predicted octanol–water partition coefficient (Wildman–Crippen LogP) is 6.62. The number of ether oxygens (including phenoxy) is 2. The van der Waals surface area contributed by atoms with E-state index in [0.29, 0.717) is 38.8 Å². The van der Waals surface area contributed by atoms with Crippen molar-refractivity contribution < 1.29 is 28.7 Å². The lowest BCUT2D eigenvalue weighted by atomic mass is 9.85. The fourth-order valence-electron chi connectivity index (χ4n) is 7.98. The molecule has 11 nitrogen and oxygen atoms in total. The van der Waals surface area contributed by atoms with Gasteiger partial charge in [-0.3, -0.25) is 14.6 Å². The molecule has 0 bridgehead atoms. The summed E-state index contributed by atoms with van der Waals surface area (Å²) in [5.74, 6) is -0.129. The van der Waals surface area contributed by atoms with Crippen LogP contribution in [0.5, 0.6) is 0 Å². The van der Waals surface area contributed by atoms with Crippen LogP contribution in [0, 0.1) is 0 Å². The lowest BCUT2D eigenvalue weighted by Gasteiger charge is -2.42. The first-order valence-corrected chi connectivity index (χ1v) is 18.7. The summed E-state index contributed by atoms with van der Waals surface area (Å²) < 4.78 is 11.1. The van der Waals surface area contributed by atoms with Crippen LogP contribution < -0.4 is 4.90 Å². The molecular weight excluding hydrogens is 646 g/mol. The first kappa shape index (κ1) is 36.7. The molecule has 11 heteroatoms. The topological polar surface area (TPSA) is 103 Å². The Bertz CT molecular complexity index is 1550. The summed E-state index contributed by atoms with van der Waals surface area (Å²) in [7, 11) is 0. The van der Waals surface area contributed by atoms with E-state index in [1.807, 2.05) is 12.1 Å². The molecule has 5 amide bonds. The van der Waals surface area contributed by atoms with E-state index in [2.05, 4.69) is 46.2 Å². The van der Waals surface area contributed by atoms with Gasteiger partial charge in [-0.25, -0.2) is 19.3 Å². The minimum Gasteiger partial charge on any atom is -0.443 e.